The monoisotopic (exact) mass is 526 g/mol. The van der Waals surface area contributed by atoms with Gasteiger partial charge in [-0.3, -0.25) is 14.2 Å². The number of benzene rings is 3. The molecule has 1 aromatic heterocycles. The second-order valence-electron chi connectivity index (χ2n) is 9.99. The molecular formula is C31H27ClN2O2S. The Balaban J connectivity index is 1.54. The first kappa shape index (κ1) is 24.2. The van der Waals surface area contributed by atoms with E-state index < -0.39 is 0 Å². The quantitative estimate of drug-likeness (QED) is 0.156. The lowest BCUT2D eigenvalue weighted by Gasteiger charge is -2.42. The largest absolute Gasteiger partial charge is 0.293 e. The molecule has 1 fully saturated rings. The number of thioether (sulfide) groups is 1. The SMILES string of the molecule is O=C(CSc1nc2c(c(=O)n1-c1ccc(Cl)cc1)C1(CCCCC1)Cc1ccccc1-2)c1ccccc1. The standard InChI is InChI=1S/C31H27ClN2O2S/c32-23-13-15-24(16-14-23)34-29(36)27-28(33-30(34)37-20-26(35)21-9-3-1-4-10-21)25-12-6-5-11-22(25)19-31(27)17-7-2-8-18-31/h1,3-6,9-16H,2,7-8,17-20H2. The van der Waals surface area contributed by atoms with Crippen LogP contribution in [0.5, 0.6) is 0 Å². The predicted octanol–water partition coefficient (Wildman–Crippen LogP) is 7.29. The second kappa shape index (κ2) is 9.96. The lowest BCUT2D eigenvalue weighted by atomic mass is 9.62. The van der Waals surface area contributed by atoms with E-state index in [0.717, 1.165) is 48.9 Å². The molecule has 3 aromatic carbocycles. The highest BCUT2D eigenvalue weighted by Gasteiger charge is 2.43. The van der Waals surface area contributed by atoms with Gasteiger partial charge in [0.05, 0.1) is 22.7 Å². The lowest BCUT2D eigenvalue weighted by molar-refractivity contribution is 0.102. The van der Waals surface area contributed by atoms with Gasteiger partial charge in [-0.15, -0.1) is 0 Å². The highest BCUT2D eigenvalue weighted by molar-refractivity contribution is 7.99. The van der Waals surface area contributed by atoms with Crippen LogP contribution in [0.25, 0.3) is 16.9 Å². The number of ketones is 1. The lowest BCUT2D eigenvalue weighted by Crippen LogP contribution is -2.42. The first-order chi connectivity index (χ1) is 18.1. The van der Waals surface area contributed by atoms with Gasteiger partial charge in [0.2, 0.25) is 0 Å². The van der Waals surface area contributed by atoms with Crippen molar-refractivity contribution in [2.45, 2.75) is 49.1 Å². The van der Waals surface area contributed by atoms with Crippen LogP contribution in [0.3, 0.4) is 0 Å². The molecule has 1 saturated carbocycles. The third kappa shape index (κ3) is 4.45. The van der Waals surface area contributed by atoms with Gasteiger partial charge in [-0.05, 0) is 49.1 Å². The number of nitrogens with zero attached hydrogens (tertiary/aromatic N) is 2. The summed E-state index contributed by atoms with van der Waals surface area (Å²) in [6.07, 6.45) is 6.28. The molecule has 6 heteroatoms. The Morgan fingerprint density at radius 2 is 1.62 bits per heavy atom. The number of carbonyl (C=O) groups is 1. The van der Waals surface area contributed by atoms with Crippen molar-refractivity contribution in [3.05, 3.63) is 111 Å². The van der Waals surface area contributed by atoms with Crippen LogP contribution in [0, 0.1) is 0 Å². The van der Waals surface area contributed by atoms with Crippen molar-refractivity contribution in [2.75, 3.05) is 5.75 Å². The first-order valence-corrected chi connectivity index (χ1v) is 14.1. The van der Waals surface area contributed by atoms with Crippen LogP contribution in [-0.4, -0.2) is 21.1 Å². The minimum Gasteiger partial charge on any atom is -0.293 e. The van der Waals surface area contributed by atoms with E-state index in [0.29, 0.717) is 21.4 Å². The van der Waals surface area contributed by atoms with Crippen molar-refractivity contribution >= 4 is 29.1 Å². The second-order valence-corrected chi connectivity index (χ2v) is 11.4. The fraction of sp³-hybridized carbons (Fsp3) is 0.258. The van der Waals surface area contributed by atoms with Gasteiger partial charge in [-0.2, -0.15) is 0 Å². The number of halogens is 1. The van der Waals surface area contributed by atoms with Crippen molar-refractivity contribution in [3.8, 4) is 16.9 Å². The summed E-state index contributed by atoms with van der Waals surface area (Å²) in [6, 6.07) is 24.9. The van der Waals surface area contributed by atoms with Crippen LogP contribution in [0.15, 0.2) is 88.8 Å². The maximum absolute atomic E-state index is 14.5. The maximum Gasteiger partial charge on any atom is 0.263 e. The number of fused-ring (bicyclic) bond motifs is 4. The van der Waals surface area contributed by atoms with E-state index >= 15 is 0 Å². The Morgan fingerprint density at radius 3 is 2.38 bits per heavy atom. The van der Waals surface area contributed by atoms with Crippen molar-refractivity contribution in [1.82, 2.24) is 9.55 Å². The third-order valence-electron chi connectivity index (χ3n) is 7.71. The van der Waals surface area contributed by atoms with Crippen LogP contribution in [-0.2, 0) is 11.8 Å². The van der Waals surface area contributed by atoms with E-state index in [1.807, 2.05) is 48.5 Å². The molecule has 6 rings (SSSR count). The summed E-state index contributed by atoms with van der Waals surface area (Å²) in [4.78, 5) is 32.7. The zero-order valence-electron chi connectivity index (χ0n) is 20.5. The van der Waals surface area contributed by atoms with E-state index in [4.69, 9.17) is 16.6 Å². The Hall–Kier alpha value is -3.15. The number of carbonyl (C=O) groups excluding carboxylic acids is 1. The van der Waals surface area contributed by atoms with Crippen LogP contribution < -0.4 is 5.56 Å². The molecule has 2 aliphatic carbocycles. The van der Waals surface area contributed by atoms with Gasteiger partial charge in [0.15, 0.2) is 10.9 Å². The van der Waals surface area contributed by atoms with E-state index in [-0.39, 0.29) is 22.5 Å². The molecule has 0 radical (unpaired) electrons. The molecule has 1 spiro atoms. The van der Waals surface area contributed by atoms with Crippen LogP contribution in [0.1, 0.15) is 53.6 Å². The molecule has 0 aliphatic heterocycles. The number of hydrogen-bond donors (Lipinski definition) is 0. The van der Waals surface area contributed by atoms with Gasteiger partial charge < -0.3 is 0 Å². The molecule has 4 aromatic rings. The van der Waals surface area contributed by atoms with E-state index in [9.17, 15) is 9.59 Å². The van der Waals surface area contributed by atoms with Crippen LogP contribution in [0.2, 0.25) is 5.02 Å². The van der Waals surface area contributed by atoms with Crippen LogP contribution in [0.4, 0.5) is 0 Å². The fourth-order valence-electron chi connectivity index (χ4n) is 5.94. The molecule has 0 bridgehead atoms. The number of Topliss-reactive ketones (excluding diaryl/α,β-unsaturated/α-hetero) is 1. The Kier molecular flexibility index (Phi) is 6.51. The first-order valence-electron chi connectivity index (χ1n) is 12.8. The van der Waals surface area contributed by atoms with Gasteiger partial charge in [-0.1, -0.05) is 97.2 Å². The number of hydrogen-bond acceptors (Lipinski definition) is 4. The number of aromatic nitrogens is 2. The Morgan fingerprint density at radius 1 is 0.919 bits per heavy atom. The molecular weight excluding hydrogens is 500 g/mol. The molecule has 0 N–H and O–H groups in total. The predicted molar refractivity (Wildman–Crippen MR) is 150 cm³/mol. The molecule has 0 atom stereocenters. The zero-order chi connectivity index (χ0) is 25.4. The highest BCUT2D eigenvalue weighted by atomic mass is 35.5. The summed E-state index contributed by atoms with van der Waals surface area (Å²) in [5, 5.41) is 1.13. The highest BCUT2D eigenvalue weighted by Crippen LogP contribution is 2.49. The van der Waals surface area contributed by atoms with Crippen molar-refractivity contribution in [3.63, 3.8) is 0 Å². The topological polar surface area (TPSA) is 52.0 Å². The van der Waals surface area contributed by atoms with E-state index in [1.165, 1.54) is 23.7 Å². The molecule has 37 heavy (non-hydrogen) atoms. The van der Waals surface area contributed by atoms with Gasteiger partial charge in [-0.25, -0.2) is 4.98 Å². The summed E-state index contributed by atoms with van der Waals surface area (Å²) in [5.41, 5.74) is 5.04. The smallest absolute Gasteiger partial charge is 0.263 e. The summed E-state index contributed by atoms with van der Waals surface area (Å²) < 4.78 is 1.70. The van der Waals surface area contributed by atoms with Gasteiger partial charge in [0.1, 0.15) is 0 Å². The molecule has 4 nitrogen and oxygen atoms in total. The molecule has 186 valence electrons. The van der Waals surface area contributed by atoms with E-state index in [2.05, 4.69) is 18.2 Å². The maximum atomic E-state index is 14.5. The normalized spacial score (nSPS) is 15.7. The minimum absolute atomic E-state index is 0.00405. The molecule has 1 heterocycles. The Labute approximate surface area is 225 Å². The summed E-state index contributed by atoms with van der Waals surface area (Å²) in [5.74, 6) is 0.194. The summed E-state index contributed by atoms with van der Waals surface area (Å²) in [7, 11) is 0. The molecule has 0 unspecified atom stereocenters. The zero-order valence-corrected chi connectivity index (χ0v) is 22.0. The summed E-state index contributed by atoms with van der Waals surface area (Å²) >= 11 is 7.50. The fourth-order valence-corrected chi connectivity index (χ4v) is 6.97. The van der Waals surface area contributed by atoms with Gasteiger partial charge in [0, 0.05) is 21.6 Å². The average Bonchev–Trinajstić information content (AvgIpc) is 2.93. The molecule has 0 saturated heterocycles. The molecule has 0 amide bonds. The van der Waals surface area contributed by atoms with Gasteiger partial charge >= 0.3 is 0 Å². The van der Waals surface area contributed by atoms with Crippen molar-refractivity contribution in [2.24, 2.45) is 0 Å². The van der Waals surface area contributed by atoms with Crippen LogP contribution >= 0.6 is 23.4 Å². The number of rotatable bonds is 5. The summed E-state index contributed by atoms with van der Waals surface area (Å²) in [6.45, 7) is 0. The minimum atomic E-state index is -0.205. The van der Waals surface area contributed by atoms with Gasteiger partial charge in [0.25, 0.3) is 5.56 Å². The Bertz CT molecular complexity index is 1520. The van der Waals surface area contributed by atoms with Crippen molar-refractivity contribution < 1.29 is 4.79 Å². The molecule has 2 aliphatic rings. The average molecular weight is 527 g/mol. The van der Waals surface area contributed by atoms with E-state index in [1.54, 1.807) is 16.7 Å². The van der Waals surface area contributed by atoms with Crippen molar-refractivity contribution in [1.29, 1.82) is 0 Å². The third-order valence-corrected chi connectivity index (χ3v) is 8.90.